The van der Waals surface area contributed by atoms with E-state index in [4.69, 9.17) is 0 Å². The van der Waals surface area contributed by atoms with Gasteiger partial charge >= 0.3 is 0 Å². The first-order valence-corrected chi connectivity index (χ1v) is 10.7. The van der Waals surface area contributed by atoms with Crippen LogP contribution in [0.15, 0.2) is 12.2 Å². The number of carbonyl (C=O) groups is 1. The SMILES string of the molecule is CCCCCCCC/C=C\CCCCCC(=O)CCC(C)C(C)C. The molecule has 0 aliphatic carbocycles. The highest BCUT2D eigenvalue weighted by Crippen LogP contribution is 2.17. The van der Waals surface area contributed by atoms with Gasteiger partial charge in [-0.05, 0) is 50.4 Å². The fourth-order valence-electron chi connectivity index (χ4n) is 2.89. The van der Waals surface area contributed by atoms with Crippen molar-refractivity contribution in [2.24, 2.45) is 11.8 Å². The van der Waals surface area contributed by atoms with Crippen LogP contribution in [0.1, 0.15) is 118 Å². The van der Waals surface area contributed by atoms with Crippen LogP contribution in [-0.4, -0.2) is 5.78 Å². The van der Waals surface area contributed by atoms with Crippen LogP contribution in [0.5, 0.6) is 0 Å². The number of Topliss-reactive ketones (excluding diaryl/α,β-unsaturated/α-hetero) is 1. The fraction of sp³-hybridized carbons (Fsp3) is 0.870. The Balaban J connectivity index is 3.32. The smallest absolute Gasteiger partial charge is 0.132 e. The molecular formula is C23H44O. The van der Waals surface area contributed by atoms with E-state index >= 15 is 0 Å². The number of carbonyl (C=O) groups excluding carboxylic acids is 1. The van der Waals surface area contributed by atoms with Crippen molar-refractivity contribution in [2.45, 2.75) is 118 Å². The molecular weight excluding hydrogens is 292 g/mol. The zero-order valence-electron chi connectivity index (χ0n) is 17.1. The lowest BCUT2D eigenvalue weighted by molar-refractivity contribution is -0.119. The molecule has 0 aromatic carbocycles. The number of unbranched alkanes of at least 4 members (excludes halogenated alkanes) is 9. The Morgan fingerprint density at radius 3 is 1.88 bits per heavy atom. The van der Waals surface area contributed by atoms with E-state index in [2.05, 4.69) is 39.8 Å². The summed E-state index contributed by atoms with van der Waals surface area (Å²) >= 11 is 0. The zero-order valence-corrected chi connectivity index (χ0v) is 17.1. The number of rotatable bonds is 17. The van der Waals surface area contributed by atoms with E-state index in [1.54, 1.807) is 0 Å². The van der Waals surface area contributed by atoms with E-state index in [0.29, 0.717) is 17.6 Å². The average molecular weight is 337 g/mol. The Morgan fingerprint density at radius 1 is 0.750 bits per heavy atom. The monoisotopic (exact) mass is 336 g/mol. The van der Waals surface area contributed by atoms with Crippen molar-refractivity contribution in [3.05, 3.63) is 12.2 Å². The average Bonchev–Trinajstić information content (AvgIpc) is 2.56. The van der Waals surface area contributed by atoms with Crippen molar-refractivity contribution in [1.82, 2.24) is 0 Å². The molecule has 0 fully saturated rings. The van der Waals surface area contributed by atoms with E-state index < -0.39 is 0 Å². The van der Waals surface area contributed by atoms with Crippen molar-refractivity contribution >= 4 is 5.78 Å². The van der Waals surface area contributed by atoms with Crippen molar-refractivity contribution in [1.29, 1.82) is 0 Å². The fourth-order valence-corrected chi connectivity index (χ4v) is 2.89. The summed E-state index contributed by atoms with van der Waals surface area (Å²) in [6.45, 7) is 9.02. The second-order valence-electron chi connectivity index (χ2n) is 7.93. The lowest BCUT2D eigenvalue weighted by atomic mass is 9.91. The molecule has 0 amide bonds. The molecule has 0 bridgehead atoms. The van der Waals surface area contributed by atoms with Crippen molar-refractivity contribution in [3.63, 3.8) is 0 Å². The van der Waals surface area contributed by atoms with Gasteiger partial charge in [-0.1, -0.05) is 78.4 Å². The summed E-state index contributed by atoms with van der Waals surface area (Å²) in [6.07, 6.45) is 21.6. The quantitative estimate of drug-likeness (QED) is 0.195. The number of allylic oxidation sites excluding steroid dienone is 2. The van der Waals surface area contributed by atoms with Crippen LogP contribution < -0.4 is 0 Å². The first kappa shape index (κ1) is 23.4. The zero-order chi connectivity index (χ0) is 18.0. The molecule has 0 aromatic heterocycles. The van der Waals surface area contributed by atoms with Crippen LogP contribution in [0.4, 0.5) is 0 Å². The Hall–Kier alpha value is -0.590. The van der Waals surface area contributed by atoms with Crippen molar-refractivity contribution in [2.75, 3.05) is 0 Å². The van der Waals surface area contributed by atoms with E-state index in [0.717, 1.165) is 25.7 Å². The van der Waals surface area contributed by atoms with E-state index in [-0.39, 0.29) is 0 Å². The molecule has 0 N–H and O–H groups in total. The summed E-state index contributed by atoms with van der Waals surface area (Å²) in [7, 11) is 0. The van der Waals surface area contributed by atoms with Crippen LogP contribution in [-0.2, 0) is 4.79 Å². The van der Waals surface area contributed by atoms with Gasteiger partial charge in [-0.3, -0.25) is 4.79 Å². The summed E-state index contributed by atoms with van der Waals surface area (Å²) < 4.78 is 0. The third-order valence-corrected chi connectivity index (χ3v) is 5.23. The van der Waals surface area contributed by atoms with Crippen LogP contribution in [0.25, 0.3) is 0 Å². The number of hydrogen-bond acceptors (Lipinski definition) is 1. The Labute approximate surface area is 152 Å². The second kappa shape index (κ2) is 17.2. The molecule has 0 rings (SSSR count). The molecule has 142 valence electrons. The van der Waals surface area contributed by atoms with Gasteiger partial charge in [0.1, 0.15) is 5.78 Å². The van der Waals surface area contributed by atoms with Gasteiger partial charge in [0, 0.05) is 12.8 Å². The predicted octanol–water partition coefficient (Wildman–Crippen LogP) is 7.89. The third-order valence-electron chi connectivity index (χ3n) is 5.23. The van der Waals surface area contributed by atoms with E-state index in [1.165, 1.54) is 64.2 Å². The highest BCUT2D eigenvalue weighted by atomic mass is 16.1. The molecule has 0 aliphatic heterocycles. The topological polar surface area (TPSA) is 17.1 Å². The maximum absolute atomic E-state index is 11.9. The third kappa shape index (κ3) is 16.3. The van der Waals surface area contributed by atoms with Crippen LogP contribution >= 0.6 is 0 Å². The van der Waals surface area contributed by atoms with Gasteiger partial charge in [-0.2, -0.15) is 0 Å². The summed E-state index contributed by atoms with van der Waals surface area (Å²) in [4.78, 5) is 11.9. The molecule has 0 spiro atoms. The van der Waals surface area contributed by atoms with Gasteiger partial charge in [0.25, 0.3) is 0 Å². The largest absolute Gasteiger partial charge is 0.300 e. The Bertz CT molecular complexity index is 303. The number of ketones is 1. The molecule has 0 saturated carbocycles. The van der Waals surface area contributed by atoms with E-state index in [9.17, 15) is 4.79 Å². The van der Waals surface area contributed by atoms with Crippen LogP contribution in [0, 0.1) is 11.8 Å². The predicted molar refractivity (Wildman–Crippen MR) is 108 cm³/mol. The first-order valence-electron chi connectivity index (χ1n) is 10.7. The summed E-state index contributed by atoms with van der Waals surface area (Å²) in [6, 6.07) is 0. The van der Waals surface area contributed by atoms with E-state index in [1.807, 2.05) is 0 Å². The minimum Gasteiger partial charge on any atom is -0.300 e. The number of hydrogen-bond donors (Lipinski definition) is 0. The molecule has 24 heavy (non-hydrogen) atoms. The molecule has 0 radical (unpaired) electrons. The minimum atomic E-state index is 0.473. The summed E-state index contributed by atoms with van der Waals surface area (Å²) in [5, 5.41) is 0. The van der Waals surface area contributed by atoms with Gasteiger partial charge in [0.15, 0.2) is 0 Å². The highest BCUT2D eigenvalue weighted by Gasteiger charge is 2.09. The highest BCUT2D eigenvalue weighted by molar-refractivity contribution is 5.78. The first-order chi connectivity index (χ1) is 11.6. The van der Waals surface area contributed by atoms with Gasteiger partial charge in [0.2, 0.25) is 0 Å². The Kier molecular flexibility index (Phi) is 16.8. The maximum atomic E-state index is 11.9. The molecule has 1 heteroatoms. The van der Waals surface area contributed by atoms with Crippen LogP contribution in [0.3, 0.4) is 0 Å². The molecule has 1 nitrogen and oxygen atoms in total. The second-order valence-corrected chi connectivity index (χ2v) is 7.93. The van der Waals surface area contributed by atoms with Gasteiger partial charge in [-0.15, -0.1) is 0 Å². The maximum Gasteiger partial charge on any atom is 0.132 e. The molecule has 1 atom stereocenters. The molecule has 1 unspecified atom stereocenters. The summed E-state index contributed by atoms with van der Waals surface area (Å²) in [5.41, 5.74) is 0. The lowest BCUT2D eigenvalue weighted by Crippen LogP contribution is -2.07. The summed E-state index contributed by atoms with van der Waals surface area (Å²) in [5.74, 6) is 1.84. The van der Waals surface area contributed by atoms with Gasteiger partial charge < -0.3 is 0 Å². The lowest BCUT2D eigenvalue weighted by Gasteiger charge is -2.14. The normalized spacial score (nSPS) is 13.0. The minimum absolute atomic E-state index is 0.473. The molecule has 0 aliphatic rings. The standard InChI is InChI=1S/C23H44O/c1-5-6-7-8-9-10-11-12-13-14-15-16-17-18-23(24)20-19-22(4)21(2)3/h12-13,21-22H,5-11,14-20H2,1-4H3/b13-12-. The van der Waals surface area contributed by atoms with Gasteiger partial charge in [0.05, 0.1) is 0 Å². The molecule has 0 heterocycles. The van der Waals surface area contributed by atoms with Crippen molar-refractivity contribution < 1.29 is 4.79 Å². The Morgan fingerprint density at radius 2 is 1.29 bits per heavy atom. The molecule has 0 saturated heterocycles. The van der Waals surface area contributed by atoms with Gasteiger partial charge in [-0.25, -0.2) is 0 Å². The van der Waals surface area contributed by atoms with Crippen molar-refractivity contribution in [3.8, 4) is 0 Å². The van der Waals surface area contributed by atoms with Crippen LogP contribution in [0.2, 0.25) is 0 Å². The molecule has 0 aromatic rings.